The third kappa shape index (κ3) is 5.54. The number of hydrogen-bond acceptors (Lipinski definition) is 5. The summed E-state index contributed by atoms with van der Waals surface area (Å²) in [7, 11) is 0. The van der Waals surface area contributed by atoms with Gasteiger partial charge in [-0.25, -0.2) is 0 Å². The van der Waals surface area contributed by atoms with Crippen molar-refractivity contribution in [1.29, 1.82) is 0 Å². The fourth-order valence-corrected chi connectivity index (χ4v) is 5.04. The van der Waals surface area contributed by atoms with Gasteiger partial charge in [0, 0.05) is 35.8 Å². The summed E-state index contributed by atoms with van der Waals surface area (Å²) in [5.41, 5.74) is 8.02. The molecule has 1 aliphatic rings. The maximum absolute atomic E-state index is 9.08. The number of nitrogens with two attached hydrogens (primary N) is 1. The van der Waals surface area contributed by atoms with E-state index < -0.39 is 0 Å². The molecule has 3 N–H and O–H groups in total. The van der Waals surface area contributed by atoms with E-state index in [1.54, 1.807) is 0 Å². The minimum Gasteiger partial charge on any atom is -0.408 e. The van der Waals surface area contributed by atoms with Crippen LogP contribution >= 0.6 is 0 Å². The van der Waals surface area contributed by atoms with Crippen LogP contribution in [0.1, 0.15) is 89.5 Å². The van der Waals surface area contributed by atoms with Gasteiger partial charge in [-0.3, -0.25) is 0 Å². The van der Waals surface area contributed by atoms with Gasteiger partial charge in [0.1, 0.15) is 6.04 Å². The molecule has 0 unspecified atom stereocenters. The molecule has 1 fully saturated rings. The van der Waals surface area contributed by atoms with Gasteiger partial charge in [-0.2, -0.15) is 4.98 Å². The van der Waals surface area contributed by atoms with Crippen molar-refractivity contribution in [3.05, 3.63) is 36.4 Å². The molecule has 0 amide bonds. The largest absolute Gasteiger partial charge is 0.408 e. The molecule has 3 aromatic rings. The van der Waals surface area contributed by atoms with Gasteiger partial charge < -0.3 is 24.9 Å². The van der Waals surface area contributed by atoms with Crippen LogP contribution in [0.5, 0.6) is 0 Å². The number of unbranched alkanes of at least 4 members (excludes halogenated alkanes) is 8. The highest BCUT2D eigenvalue weighted by Crippen LogP contribution is 2.34. The maximum atomic E-state index is 9.08. The number of aryl methyl sites for hydroxylation is 1. The van der Waals surface area contributed by atoms with Crippen molar-refractivity contribution in [1.82, 2.24) is 19.6 Å². The maximum Gasteiger partial charge on any atom is 0.249 e. The third-order valence-corrected chi connectivity index (χ3v) is 6.91. The Morgan fingerprint density at radius 3 is 2.62 bits per heavy atom. The molecule has 1 atom stereocenters. The number of hydrogen-bond donors (Lipinski definition) is 2. The van der Waals surface area contributed by atoms with Crippen LogP contribution in [0.15, 0.2) is 40.1 Å². The number of aromatic nitrogens is 3. The molecule has 34 heavy (non-hydrogen) atoms. The van der Waals surface area contributed by atoms with Crippen molar-refractivity contribution in [2.24, 2.45) is 10.9 Å². The topological polar surface area (TPSA) is 106 Å². The molecule has 1 aromatic carbocycles. The molecule has 0 spiro atoms. The van der Waals surface area contributed by atoms with E-state index in [4.69, 9.17) is 20.4 Å². The van der Waals surface area contributed by atoms with Crippen LogP contribution in [0.25, 0.3) is 22.3 Å². The van der Waals surface area contributed by atoms with Crippen LogP contribution in [0.2, 0.25) is 0 Å². The molecule has 0 aliphatic carbocycles. The van der Waals surface area contributed by atoms with E-state index in [1.165, 1.54) is 63.3 Å². The summed E-state index contributed by atoms with van der Waals surface area (Å²) in [5.74, 6) is 1.18. The van der Waals surface area contributed by atoms with Gasteiger partial charge in [0.25, 0.3) is 0 Å². The van der Waals surface area contributed by atoms with Crippen LogP contribution in [0.3, 0.4) is 0 Å². The number of oxime groups is 1. The zero-order chi connectivity index (χ0) is 23.8. The Morgan fingerprint density at radius 2 is 1.85 bits per heavy atom. The summed E-state index contributed by atoms with van der Waals surface area (Å²) in [6.07, 6.45) is 15.8. The second kappa shape index (κ2) is 11.9. The highest BCUT2D eigenvalue weighted by Gasteiger charge is 2.32. The molecular formula is C26H38N6O2. The van der Waals surface area contributed by atoms with Crippen LogP contribution in [0.4, 0.5) is 0 Å². The van der Waals surface area contributed by atoms with E-state index in [0.29, 0.717) is 18.3 Å². The monoisotopic (exact) mass is 466 g/mol. The van der Waals surface area contributed by atoms with Crippen molar-refractivity contribution < 1.29 is 9.73 Å². The summed E-state index contributed by atoms with van der Waals surface area (Å²) in [6, 6.07) is 8.24. The quantitative estimate of drug-likeness (QED) is 0.110. The van der Waals surface area contributed by atoms with E-state index in [1.807, 2.05) is 11.0 Å². The van der Waals surface area contributed by atoms with Crippen LogP contribution in [-0.2, 0) is 6.54 Å². The number of rotatable bonds is 12. The molecule has 4 rings (SSSR count). The second-order valence-corrected chi connectivity index (χ2v) is 9.35. The number of fused-ring (bicyclic) bond motifs is 1. The first kappa shape index (κ1) is 24.1. The van der Waals surface area contributed by atoms with E-state index in [9.17, 15) is 0 Å². The van der Waals surface area contributed by atoms with E-state index in [0.717, 1.165) is 30.3 Å². The molecule has 1 aliphatic heterocycles. The zero-order valence-electron chi connectivity index (χ0n) is 20.3. The number of para-hydroxylation sites is 1. The molecule has 1 saturated heterocycles. The van der Waals surface area contributed by atoms with Gasteiger partial charge in [0.2, 0.25) is 17.7 Å². The van der Waals surface area contributed by atoms with Crippen molar-refractivity contribution >= 4 is 16.9 Å². The van der Waals surface area contributed by atoms with Crippen LogP contribution in [0, 0.1) is 0 Å². The van der Waals surface area contributed by atoms with Crippen LogP contribution < -0.4 is 5.73 Å². The van der Waals surface area contributed by atoms with E-state index in [-0.39, 0.29) is 12.0 Å². The lowest BCUT2D eigenvalue weighted by Gasteiger charge is -2.21. The smallest absolute Gasteiger partial charge is 0.249 e. The highest BCUT2D eigenvalue weighted by atomic mass is 16.5. The summed E-state index contributed by atoms with van der Waals surface area (Å²) < 4.78 is 7.96. The molecule has 3 heterocycles. The third-order valence-electron chi connectivity index (χ3n) is 6.91. The Hall–Kier alpha value is -3.03. The lowest BCUT2D eigenvalue weighted by Crippen LogP contribution is -2.36. The summed E-state index contributed by atoms with van der Waals surface area (Å²) >= 11 is 0. The number of likely N-dealkylation sites (tertiary alicyclic amines) is 1. The van der Waals surface area contributed by atoms with Crippen molar-refractivity contribution in [3.63, 3.8) is 0 Å². The predicted molar refractivity (Wildman–Crippen MR) is 135 cm³/mol. The lowest BCUT2D eigenvalue weighted by molar-refractivity contribution is 0.263. The predicted octanol–water partition coefficient (Wildman–Crippen LogP) is 6.06. The first-order valence-electron chi connectivity index (χ1n) is 12.9. The van der Waals surface area contributed by atoms with Gasteiger partial charge in [0.15, 0.2) is 0 Å². The Labute approximate surface area is 201 Å². The number of guanidine groups is 1. The molecule has 0 radical (unpaired) electrons. The Kier molecular flexibility index (Phi) is 8.44. The summed E-state index contributed by atoms with van der Waals surface area (Å²) in [5, 5.41) is 17.7. The Balaban J connectivity index is 1.41. The van der Waals surface area contributed by atoms with Gasteiger partial charge in [0.05, 0.1) is 0 Å². The number of benzene rings is 1. The Morgan fingerprint density at radius 1 is 1.12 bits per heavy atom. The zero-order valence-corrected chi connectivity index (χ0v) is 20.3. The normalized spacial score (nSPS) is 16.7. The van der Waals surface area contributed by atoms with Crippen LogP contribution in [-0.4, -0.2) is 37.3 Å². The first-order chi connectivity index (χ1) is 16.7. The Bertz CT molecular complexity index is 1070. The van der Waals surface area contributed by atoms with Gasteiger partial charge >= 0.3 is 0 Å². The number of nitrogens with zero attached hydrogens (tertiary/aromatic N) is 5. The standard InChI is InChI=1S/C26H38N6O2/c1-2-3-4-5-6-7-8-9-12-17-31-19-21(20-14-10-11-15-22(20)31)24-28-25(34-30-24)23-16-13-18-32(23)26(27)29-33/h10-11,14-15,19,23,33H,2-9,12-13,16-18H2,1H3,(H2,27,29)/t23-/m0/s1. The van der Waals surface area contributed by atoms with Gasteiger partial charge in [-0.05, 0) is 25.3 Å². The second-order valence-electron chi connectivity index (χ2n) is 9.35. The molecule has 8 nitrogen and oxygen atoms in total. The van der Waals surface area contributed by atoms with E-state index in [2.05, 4.69) is 46.2 Å². The minimum atomic E-state index is -0.160. The van der Waals surface area contributed by atoms with Crippen molar-refractivity contribution in [2.75, 3.05) is 6.54 Å². The molecule has 8 heteroatoms. The molecule has 0 saturated carbocycles. The fraction of sp³-hybridized carbons (Fsp3) is 0.577. The van der Waals surface area contributed by atoms with Crippen molar-refractivity contribution in [2.45, 2.75) is 90.1 Å². The highest BCUT2D eigenvalue weighted by molar-refractivity contribution is 5.94. The minimum absolute atomic E-state index is 0.0832. The first-order valence-corrected chi connectivity index (χ1v) is 12.9. The summed E-state index contributed by atoms with van der Waals surface area (Å²) in [6.45, 7) is 3.96. The van der Waals surface area contributed by atoms with Crippen molar-refractivity contribution in [3.8, 4) is 11.4 Å². The molecule has 2 aromatic heterocycles. The lowest BCUT2D eigenvalue weighted by atomic mass is 10.1. The fourth-order valence-electron chi connectivity index (χ4n) is 5.04. The van der Waals surface area contributed by atoms with E-state index >= 15 is 0 Å². The molecular weight excluding hydrogens is 428 g/mol. The average Bonchev–Trinajstić information content (AvgIpc) is 3.61. The van der Waals surface area contributed by atoms with Gasteiger partial charge in [-0.15, -0.1) is 0 Å². The van der Waals surface area contributed by atoms with Gasteiger partial charge in [-0.1, -0.05) is 86.8 Å². The summed E-state index contributed by atoms with van der Waals surface area (Å²) in [4.78, 5) is 6.53. The SMILES string of the molecule is CCCCCCCCCCCn1cc(-c2noc([C@@H]3CCCN3/C(N)=N\O)n2)c2ccccc21. The molecule has 184 valence electrons. The molecule has 0 bridgehead atoms. The average molecular weight is 467 g/mol.